The van der Waals surface area contributed by atoms with Gasteiger partial charge in [-0.05, 0) is 55.7 Å². The number of hydrogen-bond donors (Lipinski definition) is 1. The molecule has 0 aliphatic rings. The molecule has 0 bridgehead atoms. The van der Waals surface area contributed by atoms with Crippen LogP contribution in [-0.2, 0) is 0 Å². The summed E-state index contributed by atoms with van der Waals surface area (Å²) >= 11 is 0. The second-order valence-corrected chi connectivity index (χ2v) is 3.65. The van der Waals surface area contributed by atoms with Crippen LogP contribution in [0.2, 0.25) is 0 Å². The fourth-order valence-electron chi connectivity index (χ4n) is 1.56. The average Bonchev–Trinajstić information content (AvgIpc) is 2.66. The average molecular weight is 185 g/mol. The molecule has 0 unspecified atom stereocenters. The molecule has 2 rings (SSSR count). The summed E-state index contributed by atoms with van der Waals surface area (Å²) in [5.74, 6) is 0. The van der Waals surface area contributed by atoms with Gasteiger partial charge in [0.1, 0.15) is 6.20 Å². The number of nitrogens with zero attached hydrogens (tertiary/aromatic N) is 1. The van der Waals surface area contributed by atoms with E-state index in [9.17, 15) is 0 Å². The number of rotatable bonds is 1. The summed E-state index contributed by atoms with van der Waals surface area (Å²) in [6, 6.07) is 6.21. The predicted octanol–water partition coefficient (Wildman–Crippen LogP) is 2.80. The molecule has 2 heteroatoms. The number of aromatic amines is 1. The number of benzene rings is 1. The van der Waals surface area contributed by atoms with Gasteiger partial charge in [0.2, 0.25) is 0 Å². The summed E-state index contributed by atoms with van der Waals surface area (Å²) in [5, 5.41) is 6.75. The third-order valence-corrected chi connectivity index (χ3v) is 2.69. The summed E-state index contributed by atoms with van der Waals surface area (Å²) < 4.78 is 0. The van der Waals surface area contributed by atoms with E-state index in [0.717, 1.165) is 5.69 Å². The number of nitrogens with one attached hydrogen (secondary N) is 1. The highest BCUT2D eigenvalue weighted by Crippen LogP contribution is 2.22. The lowest BCUT2D eigenvalue weighted by Gasteiger charge is -2.07. The summed E-state index contributed by atoms with van der Waals surface area (Å²) in [5.41, 5.74) is 6.19. The molecular weight excluding hydrogens is 172 g/mol. The second kappa shape index (κ2) is 3.29. The highest BCUT2D eigenvalue weighted by molar-refractivity contribution is 5.61. The van der Waals surface area contributed by atoms with Crippen LogP contribution in [-0.4, -0.2) is 10.2 Å². The Morgan fingerprint density at radius 2 is 1.79 bits per heavy atom. The molecule has 0 saturated heterocycles. The number of hydrogen-bond acceptors (Lipinski definition) is 1. The van der Waals surface area contributed by atoms with Crippen molar-refractivity contribution in [2.45, 2.75) is 20.8 Å². The van der Waals surface area contributed by atoms with Crippen LogP contribution in [0.4, 0.5) is 0 Å². The lowest BCUT2D eigenvalue weighted by Crippen LogP contribution is -1.88. The Kier molecular flexibility index (Phi) is 2.12. The van der Waals surface area contributed by atoms with E-state index in [2.05, 4.69) is 49.3 Å². The number of aromatic nitrogens is 2. The monoisotopic (exact) mass is 185 g/mol. The van der Waals surface area contributed by atoms with E-state index < -0.39 is 0 Å². The Bertz CT molecular complexity index is 418. The van der Waals surface area contributed by atoms with Crippen LogP contribution in [0.1, 0.15) is 16.7 Å². The first-order valence-corrected chi connectivity index (χ1v) is 4.68. The lowest BCUT2D eigenvalue weighted by atomic mass is 9.99. The molecule has 1 radical (unpaired) electrons. The van der Waals surface area contributed by atoms with E-state index in [-0.39, 0.29) is 0 Å². The zero-order valence-corrected chi connectivity index (χ0v) is 8.68. The van der Waals surface area contributed by atoms with Gasteiger partial charge in [-0.1, -0.05) is 0 Å². The maximum absolute atomic E-state index is 3.83. The number of H-pyrrole nitrogens is 1. The van der Waals surface area contributed by atoms with Crippen LogP contribution in [0.15, 0.2) is 18.2 Å². The summed E-state index contributed by atoms with van der Waals surface area (Å²) in [6.45, 7) is 6.41. The van der Waals surface area contributed by atoms with Crippen molar-refractivity contribution in [2.24, 2.45) is 0 Å². The fraction of sp³-hybridized carbons (Fsp3) is 0.250. The fourth-order valence-corrected chi connectivity index (χ4v) is 1.56. The normalized spacial score (nSPS) is 10.5. The minimum Gasteiger partial charge on any atom is -0.277 e. The maximum Gasteiger partial charge on any atom is 0.113 e. The SMILES string of the molecule is Cc1cc(-c2c[c]n[nH]2)cc(C)c1C. The Hall–Kier alpha value is -1.57. The molecule has 0 aliphatic heterocycles. The standard InChI is InChI=1S/C12H13N2/c1-8-6-11(7-9(2)10(8)3)12-4-5-13-14-12/h4,6-7H,1-3H3,(H,13,14). The van der Waals surface area contributed by atoms with Crippen molar-refractivity contribution >= 4 is 0 Å². The molecule has 0 aliphatic carbocycles. The topological polar surface area (TPSA) is 28.7 Å². The molecule has 14 heavy (non-hydrogen) atoms. The van der Waals surface area contributed by atoms with Crippen LogP contribution in [0.5, 0.6) is 0 Å². The molecule has 0 saturated carbocycles. The van der Waals surface area contributed by atoms with E-state index in [1.807, 2.05) is 6.07 Å². The van der Waals surface area contributed by atoms with Gasteiger partial charge in [-0.15, -0.1) is 0 Å². The minimum atomic E-state index is 1.02. The molecule has 71 valence electrons. The summed E-state index contributed by atoms with van der Waals surface area (Å²) in [6.07, 6.45) is 2.78. The van der Waals surface area contributed by atoms with Gasteiger partial charge in [0.05, 0.1) is 5.69 Å². The molecule has 1 aromatic carbocycles. The minimum absolute atomic E-state index is 1.02. The maximum atomic E-state index is 3.83. The smallest absolute Gasteiger partial charge is 0.113 e. The number of aryl methyl sites for hydroxylation is 2. The Morgan fingerprint density at radius 1 is 1.14 bits per heavy atom. The first kappa shape index (κ1) is 9.00. The first-order valence-electron chi connectivity index (χ1n) is 4.68. The van der Waals surface area contributed by atoms with Gasteiger partial charge in [0, 0.05) is 5.56 Å². The molecule has 2 nitrogen and oxygen atoms in total. The molecule has 0 fully saturated rings. The molecular formula is C12H13N2. The molecule has 0 atom stereocenters. The Balaban J connectivity index is 2.57. The Labute approximate surface area is 84.0 Å². The van der Waals surface area contributed by atoms with Crippen molar-refractivity contribution in [3.05, 3.63) is 41.1 Å². The van der Waals surface area contributed by atoms with Crippen LogP contribution >= 0.6 is 0 Å². The molecule has 0 spiro atoms. The van der Waals surface area contributed by atoms with Gasteiger partial charge in [-0.2, -0.15) is 5.10 Å². The van der Waals surface area contributed by atoms with E-state index in [0.29, 0.717) is 0 Å². The van der Waals surface area contributed by atoms with Crippen molar-refractivity contribution in [1.29, 1.82) is 0 Å². The highest BCUT2D eigenvalue weighted by Gasteiger charge is 2.03. The zero-order valence-electron chi connectivity index (χ0n) is 8.68. The molecule has 1 aromatic heterocycles. The van der Waals surface area contributed by atoms with E-state index >= 15 is 0 Å². The van der Waals surface area contributed by atoms with E-state index in [4.69, 9.17) is 0 Å². The van der Waals surface area contributed by atoms with Crippen LogP contribution in [0.3, 0.4) is 0 Å². The quantitative estimate of drug-likeness (QED) is 0.727. The Morgan fingerprint density at radius 3 is 2.29 bits per heavy atom. The van der Waals surface area contributed by atoms with Crippen LogP contribution in [0.25, 0.3) is 11.3 Å². The van der Waals surface area contributed by atoms with Crippen molar-refractivity contribution in [3.63, 3.8) is 0 Å². The highest BCUT2D eigenvalue weighted by atomic mass is 15.1. The van der Waals surface area contributed by atoms with Gasteiger partial charge in [0.25, 0.3) is 0 Å². The van der Waals surface area contributed by atoms with E-state index in [1.54, 1.807) is 0 Å². The van der Waals surface area contributed by atoms with Gasteiger partial charge >= 0.3 is 0 Å². The molecule has 1 heterocycles. The third-order valence-electron chi connectivity index (χ3n) is 2.69. The largest absolute Gasteiger partial charge is 0.277 e. The van der Waals surface area contributed by atoms with Crippen molar-refractivity contribution in [3.8, 4) is 11.3 Å². The first-order chi connectivity index (χ1) is 6.68. The molecule has 2 aromatic rings. The summed E-state index contributed by atoms with van der Waals surface area (Å²) in [4.78, 5) is 0. The van der Waals surface area contributed by atoms with Crippen molar-refractivity contribution in [1.82, 2.24) is 10.2 Å². The molecule has 1 N–H and O–H groups in total. The summed E-state index contributed by atoms with van der Waals surface area (Å²) in [7, 11) is 0. The van der Waals surface area contributed by atoms with Gasteiger partial charge in [-0.3, -0.25) is 5.10 Å². The zero-order chi connectivity index (χ0) is 10.1. The van der Waals surface area contributed by atoms with Crippen molar-refractivity contribution < 1.29 is 0 Å². The van der Waals surface area contributed by atoms with Gasteiger partial charge < -0.3 is 0 Å². The van der Waals surface area contributed by atoms with Crippen LogP contribution in [0, 0.1) is 27.0 Å². The van der Waals surface area contributed by atoms with Gasteiger partial charge in [0.15, 0.2) is 0 Å². The van der Waals surface area contributed by atoms with Gasteiger partial charge in [-0.25, -0.2) is 0 Å². The predicted molar refractivity (Wildman–Crippen MR) is 57.1 cm³/mol. The second-order valence-electron chi connectivity index (χ2n) is 3.65. The lowest BCUT2D eigenvalue weighted by molar-refractivity contribution is 1.09. The van der Waals surface area contributed by atoms with Crippen LogP contribution < -0.4 is 0 Å². The third kappa shape index (κ3) is 1.43. The van der Waals surface area contributed by atoms with Crippen molar-refractivity contribution in [2.75, 3.05) is 0 Å². The van der Waals surface area contributed by atoms with E-state index in [1.165, 1.54) is 22.3 Å². The molecule has 0 amide bonds.